The average molecular weight is 1420 g/mol. The Bertz CT molecular complexity index is 2290. The van der Waals surface area contributed by atoms with Crippen molar-refractivity contribution in [3.05, 3.63) is 109 Å². The SMILES string of the molecule is CC/C=C\C/C=C\C/C=C\C/C=C\C/C=C\C/C=C\CCC(=O)OCC(COP(=O)(O)OCC(O)COP(=O)(O)OCC(COC(=O)CCCCCCC/C=C\CCCCCC)OC(=O)CCCCCCCCCCCCCCC)OC(=O)CCCCCCC/C=C\C/C=C\CCC. The highest BCUT2D eigenvalue weighted by atomic mass is 31.2. The van der Waals surface area contributed by atoms with Crippen LogP contribution in [0.3, 0.4) is 0 Å². The number of unbranched alkanes of at least 4 members (excludes halogenated alkanes) is 27. The Hall–Kier alpha value is -4.28. The Morgan fingerprint density at radius 1 is 0.296 bits per heavy atom. The summed E-state index contributed by atoms with van der Waals surface area (Å²) in [4.78, 5) is 72.8. The highest BCUT2D eigenvalue weighted by molar-refractivity contribution is 7.47. The van der Waals surface area contributed by atoms with Crippen LogP contribution in [0.5, 0.6) is 0 Å². The van der Waals surface area contributed by atoms with Crippen molar-refractivity contribution in [2.75, 3.05) is 39.6 Å². The summed E-state index contributed by atoms with van der Waals surface area (Å²) in [5.41, 5.74) is 0. The first-order chi connectivity index (χ1) is 47.7. The lowest BCUT2D eigenvalue weighted by molar-refractivity contribution is -0.161. The number of hydrogen-bond acceptors (Lipinski definition) is 15. The average Bonchev–Trinajstić information content (AvgIpc) is 0.966. The normalized spacial score (nSPS) is 14.6. The Morgan fingerprint density at radius 2 is 0.571 bits per heavy atom. The number of esters is 4. The summed E-state index contributed by atoms with van der Waals surface area (Å²) < 4.78 is 68.3. The lowest BCUT2D eigenvalue weighted by Gasteiger charge is -2.21. The molecular formula is C79H136O17P2. The predicted molar refractivity (Wildman–Crippen MR) is 399 cm³/mol. The minimum atomic E-state index is -4.99. The highest BCUT2D eigenvalue weighted by Gasteiger charge is 2.30. The zero-order chi connectivity index (χ0) is 71.8. The second-order valence-electron chi connectivity index (χ2n) is 25.2. The molecule has 0 aromatic carbocycles. The predicted octanol–water partition coefficient (Wildman–Crippen LogP) is 21.8. The van der Waals surface area contributed by atoms with Crippen LogP contribution in [0.4, 0.5) is 0 Å². The summed E-state index contributed by atoms with van der Waals surface area (Å²) in [6.45, 7) is 4.58. The molecule has 0 aromatic rings. The van der Waals surface area contributed by atoms with Crippen molar-refractivity contribution in [3.8, 4) is 0 Å². The molecular weight excluding hydrogens is 1280 g/mol. The summed E-state index contributed by atoms with van der Waals surface area (Å²) in [6.07, 6.45) is 75.2. The van der Waals surface area contributed by atoms with Gasteiger partial charge in [-0.1, -0.05) is 278 Å². The Labute approximate surface area is 594 Å². The first-order valence-corrected chi connectivity index (χ1v) is 41.1. The Morgan fingerprint density at radius 3 is 0.939 bits per heavy atom. The van der Waals surface area contributed by atoms with E-state index in [1.807, 2.05) is 18.2 Å². The van der Waals surface area contributed by atoms with E-state index in [9.17, 15) is 43.2 Å². The fourth-order valence-corrected chi connectivity index (χ4v) is 11.5. The van der Waals surface area contributed by atoms with Gasteiger partial charge in [-0.05, 0) is 116 Å². The molecule has 0 aliphatic heterocycles. The zero-order valence-corrected chi connectivity index (χ0v) is 63.2. The van der Waals surface area contributed by atoms with Crippen LogP contribution in [0, 0.1) is 0 Å². The largest absolute Gasteiger partial charge is 0.472 e. The van der Waals surface area contributed by atoms with E-state index in [-0.39, 0.29) is 25.7 Å². The van der Waals surface area contributed by atoms with Crippen molar-refractivity contribution >= 4 is 39.5 Å². The van der Waals surface area contributed by atoms with Crippen molar-refractivity contribution in [1.82, 2.24) is 0 Å². The van der Waals surface area contributed by atoms with Gasteiger partial charge in [0.2, 0.25) is 0 Å². The molecule has 0 bridgehead atoms. The molecule has 0 aliphatic carbocycles. The zero-order valence-electron chi connectivity index (χ0n) is 61.4. The van der Waals surface area contributed by atoms with E-state index >= 15 is 0 Å². The number of carbonyl (C=O) groups is 4. The van der Waals surface area contributed by atoms with Gasteiger partial charge < -0.3 is 33.8 Å². The van der Waals surface area contributed by atoms with Crippen molar-refractivity contribution in [2.24, 2.45) is 0 Å². The molecule has 98 heavy (non-hydrogen) atoms. The molecule has 0 spiro atoms. The lowest BCUT2D eigenvalue weighted by Crippen LogP contribution is -2.30. The molecule has 0 saturated heterocycles. The molecule has 0 fully saturated rings. The first kappa shape index (κ1) is 93.7. The fraction of sp³-hybridized carbons (Fsp3) is 0.722. The minimum absolute atomic E-state index is 0.0320. The molecule has 3 N–H and O–H groups in total. The number of allylic oxidation sites excluding steroid dienone is 18. The molecule has 5 atom stereocenters. The summed E-state index contributed by atoms with van der Waals surface area (Å²) in [5, 5.41) is 10.6. The number of aliphatic hydroxyl groups is 1. The van der Waals surface area contributed by atoms with E-state index in [0.29, 0.717) is 32.1 Å². The van der Waals surface area contributed by atoms with Crippen LogP contribution in [0.1, 0.15) is 310 Å². The van der Waals surface area contributed by atoms with Gasteiger partial charge in [0.05, 0.1) is 26.4 Å². The maximum atomic E-state index is 13.1. The third kappa shape index (κ3) is 70.2. The quantitative estimate of drug-likeness (QED) is 0.0169. The molecule has 0 aromatic heterocycles. The molecule has 0 heterocycles. The van der Waals surface area contributed by atoms with E-state index < -0.39 is 97.5 Å². The van der Waals surface area contributed by atoms with Gasteiger partial charge in [0.25, 0.3) is 0 Å². The Kier molecular flexibility index (Phi) is 68.0. The van der Waals surface area contributed by atoms with Gasteiger partial charge >= 0.3 is 39.5 Å². The van der Waals surface area contributed by atoms with E-state index in [1.54, 1.807) is 0 Å². The third-order valence-corrected chi connectivity index (χ3v) is 17.6. The van der Waals surface area contributed by atoms with E-state index in [2.05, 4.69) is 119 Å². The van der Waals surface area contributed by atoms with Crippen LogP contribution in [-0.4, -0.2) is 96.7 Å². The fourth-order valence-electron chi connectivity index (χ4n) is 9.93. The minimum Gasteiger partial charge on any atom is -0.462 e. The number of ether oxygens (including phenoxy) is 4. The van der Waals surface area contributed by atoms with Gasteiger partial charge in [0.1, 0.15) is 19.3 Å². The maximum absolute atomic E-state index is 13.1. The highest BCUT2D eigenvalue weighted by Crippen LogP contribution is 2.45. The van der Waals surface area contributed by atoms with Crippen LogP contribution in [0.2, 0.25) is 0 Å². The third-order valence-electron chi connectivity index (χ3n) is 15.7. The molecule has 564 valence electrons. The van der Waals surface area contributed by atoms with Crippen molar-refractivity contribution < 1.29 is 80.2 Å². The maximum Gasteiger partial charge on any atom is 0.472 e. The van der Waals surface area contributed by atoms with Gasteiger partial charge in [-0.15, -0.1) is 0 Å². The smallest absolute Gasteiger partial charge is 0.462 e. The number of phosphoric acid groups is 2. The lowest BCUT2D eigenvalue weighted by atomic mass is 10.0. The Balaban J connectivity index is 5.40. The van der Waals surface area contributed by atoms with Crippen LogP contribution in [-0.2, 0) is 65.4 Å². The van der Waals surface area contributed by atoms with E-state index in [0.717, 1.165) is 148 Å². The number of hydrogen-bond donors (Lipinski definition) is 3. The summed E-state index contributed by atoms with van der Waals surface area (Å²) in [6, 6.07) is 0. The van der Waals surface area contributed by atoms with Gasteiger partial charge in [-0.25, -0.2) is 9.13 Å². The van der Waals surface area contributed by atoms with Crippen molar-refractivity contribution in [2.45, 2.75) is 329 Å². The summed E-state index contributed by atoms with van der Waals surface area (Å²) in [7, 11) is -9.97. The number of phosphoric ester groups is 2. The topological polar surface area (TPSA) is 237 Å². The molecule has 19 heteroatoms. The van der Waals surface area contributed by atoms with Crippen LogP contribution in [0.15, 0.2) is 109 Å². The molecule has 0 amide bonds. The summed E-state index contributed by atoms with van der Waals surface area (Å²) in [5.74, 6) is -2.29. The van der Waals surface area contributed by atoms with E-state index in [4.69, 9.17) is 37.0 Å². The molecule has 0 radical (unpaired) electrons. The van der Waals surface area contributed by atoms with Gasteiger partial charge in [0.15, 0.2) is 12.2 Å². The molecule has 0 saturated carbocycles. The molecule has 0 aliphatic rings. The van der Waals surface area contributed by atoms with Crippen LogP contribution >= 0.6 is 15.6 Å². The second-order valence-corrected chi connectivity index (χ2v) is 28.1. The van der Waals surface area contributed by atoms with Crippen LogP contribution in [0.25, 0.3) is 0 Å². The molecule has 17 nitrogen and oxygen atoms in total. The molecule has 0 rings (SSSR count). The molecule has 5 unspecified atom stereocenters. The second kappa shape index (κ2) is 71.1. The van der Waals surface area contributed by atoms with Crippen molar-refractivity contribution in [3.63, 3.8) is 0 Å². The van der Waals surface area contributed by atoms with Crippen molar-refractivity contribution in [1.29, 1.82) is 0 Å². The van der Waals surface area contributed by atoms with E-state index in [1.165, 1.54) is 77.0 Å². The standard InChI is InChI=1S/C79H136O17P2/c1-5-9-13-17-21-25-29-33-34-35-36-37-38-42-44-48-52-56-60-64-77(82)90-70-75(96-79(84)66-62-58-54-50-46-41-32-28-24-20-16-12-8-4)72-94-98(87,88)92-68-73(80)67-91-97(85,86)93-71-74(95-78(83)65-61-57-53-49-45-40-31-27-23-19-15-11-7-3)69-89-76(81)63-59-55-51-47-43-39-30-26-22-18-14-10-6-2/h9,13,16,20-21,25-26,28,30,32-34,36-37,42,44,52,56,73-75,80H,5-8,10-12,14-15,17-19,22-24,27,29,31,35,38-41,43,45-51,53-55,57-72H2,1-4H3,(H,85,86)(H,87,88)/b13-9-,20-16-,25-21-,30-26-,32-28-,34-33-,37-36-,44-42-,56-52-. The first-order valence-electron chi connectivity index (χ1n) is 38.1. The van der Waals surface area contributed by atoms with Gasteiger partial charge in [0, 0.05) is 25.7 Å². The monoisotopic (exact) mass is 1420 g/mol. The van der Waals surface area contributed by atoms with Gasteiger partial charge in [-0.3, -0.25) is 37.3 Å². The number of rotatable bonds is 71. The van der Waals surface area contributed by atoms with Gasteiger partial charge in [-0.2, -0.15) is 0 Å². The number of aliphatic hydroxyl groups excluding tert-OH is 1. The van der Waals surface area contributed by atoms with Crippen LogP contribution < -0.4 is 0 Å². The summed E-state index contributed by atoms with van der Waals surface area (Å²) >= 11 is 0. The number of carbonyl (C=O) groups excluding carboxylic acids is 4.